The van der Waals surface area contributed by atoms with Gasteiger partial charge < -0.3 is 14.8 Å². The monoisotopic (exact) mass is 314 g/mol. The predicted octanol–water partition coefficient (Wildman–Crippen LogP) is 3.15. The summed E-state index contributed by atoms with van der Waals surface area (Å²) in [5.41, 5.74) is 3.49. The second kappa shape index (κ2) is 7.63. The van der Waals surface area contributed by atoms with Gasteiger partial charge in [0.05, 0.1) is 25.5 Å². The van der Waals surface area contributed by atoms with Gasteiger partial charge in [0.15, 0.2) is 0 Å². The minimum Gasteiger partial charge on any atom is -0.496 e. The van der Waals surface area contributed by atoms with Gasteiger partial charge in [0, 0.05) is 6.54 Å². The number of hydrogen-bond acceptors (Lipinski definition) is 5. The highest BCUT2D eigenvalue weighted by molar-refractivity contribution is 5.90. The first-order valence-electron chi connectivity index (χ1n) is 7.48. The molecule has 0 aliphatic heterocycles. The number of carbonyl (C=O) groups excluding carboxylic acids is 1. The Labute approximate surface area is 136 Å². The van der Waals surface area contributed by atoms with Gasteiger partial charge in [-0.1, -0.05) is 17.7 Å². The summed E-state index contributed by atoms with van der Waals surface area (Å²) >= 11 is 0. The molecule has 23 heavy (non-hydrogen) atoms. The van der Waals surface area contributed by atoms with Crippen molar-refractivity contribution in [3.8, 4) is 5.75 Å². The Morgan fingerprint density at radius 2 is 1.96 bits per heavy atom. The van der Waals surface area contributed by atoms with Crippen LogP contribution in [0, 0.1) is 13.8 Å². The van der Waals surface area contributed by atoms with E-state index in [1.54, 1.807) is 26.2 Å². The third-order valence-electron chi connectivity index (χ3n) is 3.63. The zero-order valence-electron chi connectivity index (χ0n) is 14.0. The maximum Gasteiger partial charge on any atom is 0.339 e. The molecule has 0 spiro atoms. The Morgan fingerprint density at radius 1 is 1.17 bits per heavy atom. The van der Waals surface area contributed by atoms with Crippen molar-refractivity contribution < 1.29 is 14.3 Å². The number of nitrogens with zero attached hydrogens (tertiary/aromatic N) is 1. The number of aromatic nitrogens is 1. The molecule has 1 aromatic carbocycles. The molecular weight excluding hydrogens is 292 g/mol. The summed E-state index contributed by atoms with van der Waals surface area (Å²) in [6.45, 7) is 4.58. The third-order valence-corrected chi connectivity index (χ3v) is 3.63. The van der Waals surface area contributed by atoms with Crippen LogP contribution in [-0.4, -0.2) is 31.7 Å². The van der Waals surface area contributed by atoms with E-state index < -0.39 is 0 Å². The van der Waals surface area contributed by atoms with Crippen LogP contribution >= 0.6 is 0 Å². The normalized spacial score (nSPS) is 10.3. The van der Waals surface area contributed by atoms with Crippen LogP contribution in [0.5, 0.6) is 5.75 Å². The van der Waals surface area contributed by atoms with E-state index in [1.165, 1.54) is 12.7 Å². The highest BCUT2D eigenvalue weighted by Crippen LogP contribution is 2.20. The van der Waals surface area contributed by atoms with Crippen LogP contribution < -0.4 is 10.1 Å². The van der Waals surface area contributed by atoms with Crippen LogP contribution in [0.25, 0.3) is 0 Å². The molecule has 2 rings (SSSR count). The van der Waals surface area contributed by atoms with E-state index in [-0.39, 0.29) is 5.97 Å². The van der Waals surface area contributed by atoms with E-state index >= 15 is 0 Å². The highest BCUT2D eigenvalue weighted by atomic mass is 16.5. The zero-order chi connectivity index (χ0) is 16.8. The molecule has 5 heteroatoms. The number of hydrogen-bond donors (Lipinski definition) is 1. The average Bonchev–Trinajstić information content (AvgIpc) is 2.54. The topological polar surface area (TPSA) is 60.5 Å². The molecule has 2 aromatic rings. The fourth-order valence-corrected chi connectivity index (χ4v) is 2.41. The van der Waals surface area contributed by atoms with Crippen molar-refractivity contribution in [2.75, 3.05) is 26.1 Å². The number of rotatable bonds is 6. The van der Waals surface area contributed by atoms with Gasteiger partial charge in [-0.25, -0.2) is 9.78 Å². The number of anilines is 1. The van der Waals surface area contributed by atoms with E-state index in [2.05, 4.69) is 23.3 Å². The number of nitrogens with one attached hydrogen (secondary N) is 1. The molecule has 0 bridgehead atoms. The van der Waals surface area contributed by atoms with Gasteiger partial charge in [-0.15, -0.1) is 0 Å². The number of aryl methyl sites for hydroxylation is 2. The Morgan fingerprint density at radius 3 is 2.61 bits per heavy atom. The van der Waals surface area contributed by atoms with E-state index in [4.69, 9.17) is 9.47 Å². The van der Waals surface area contributed by atoms with Crippen molar-refractivity contribution >= 4 is 11.8 Å². The van der Waals surface area contributed by atoms with Crippen molar-refractivity contribution in [3.63, 3.8) is 0 Å². The smallest absolute Gasteiger partial charge is 0.339 e. The number of ether oxygens (including phenoxy) is 2. The lowest BCUT2D eigenvalue weighted by Crippen LogP contribution is -2.10. The molecule has 0 unspecified atom stereocenters. The van der Waals surface area contributed by atoms with Crippen molar-refractivity contribution in [3.05, 3.63) is 52.7 Å². The van der Waals surface area contributed by atoms with E-state index in [0.29, 0.717) is 11.3 Å². The van der Waals surface area contributed by atoms with Crippen LogP contribution in [0.15, 0.2) is 30.3 Å². The maximum absolute atomic E-state index is 11.6. The molecular formula is C18H22N2O3. The van der Waals surface area contributed by atoms with Crippen LogP contribution in [0.4, 0.5) is 5.82 Å². The number of pyridine rings is 1. The third kappa shape index (κ3) is 4.22. The van der Waals surface area contributed by atoms with Gasteiger partial charge in [0.25, 0.3) is 0 Å². The molecule has 0 amide bonds. The standard InChI is InChI=1S/C18H22N2O3/c1-12-5-7-16(22-3)14(11-12)9-10-19-17-8-6-15(13(2)20-17)18(21)23-4/h5-8,11H,9-10H2,1-4H3,(H,19,20). The molecule has 5 nitrogen and oxygen atoms in total. The fraction of sp³-hybridized carbons (Fsp3) is 0.333. The van der Waals surface area contributed by atoms with Crippen LogP contribution in [0.1, 0.15) is 27.2 Å². The number of esters is 1. The van der Waals surface area contributed by atoms with Gasteiger partial charge in [0.2, 0.25) is 0 Å². The van der Waals surface area contributed by atoms with E-state index in [0.717, 1.165) is 30.1 Å². The Hall–Kier alpha value is -2.56. The SMILES string of the molecule is COC(=O)c1ccc(NCCc2cc(C)ccc2OC)nc1C. The average molecular weight is 314 g/mol. The number of benzene rings is 1. The summed E-state index contributed by atoms with van der Waals surface area (Å²) in [5, 5.41) is 3.27. The minimum absolute atomic E-state index is 0.369. The van der Waals surface area contributed by atoms with Gasteiger partial charge in [0.1, 0.15) is 11.6 Å². The second-order valence-electron chi connectivity index (χ2n) is 5.31. The molecule has 0 saturated heterocycles. The Bertz CT molecular complexity index is 699. The summed E-state index contributed by atoms with van der Waals surface area (Å²) in [6, 6.07) is 9.65. The van der Waals surface area contributed by atoms with Crippen molar-refractivity contribution in [2.24, 2.45) is 0 Å². The van der Waals surface area contributed by atoms with Gasteiger partial charge in [-0.3, -0.25) is 0 Å². The molecule has 0 aliphatic carbocycles. The Balaban J connectivity index is 2.01. The summed E-state index contributed by atoms with van der Waals surface area (Å²) in [5.74, 6) is 1.26. The Kier molecular flexibility index (Phi) is 5.57. The molecule has 0 fully saturated rings. The lowest BCUT2D eigenvalue weighted by molar-refractivity contribution is 0.0599. The second-order valence-corrected chi connectivity index (χ2v) is 5.31. The number of methoxy groups -OCH3 is 2. The molecule has 0 radical (unpaired) electrons. The molecule has 122 valence electrons. The largest absolute Gasteiger partial charge is 0.496 e. The zero-order valence-corrected chi connectivity index (χ0v) is 14.0. The molecule has 1 heterocycles. The molecule has 0 aliphatic rings. The van der Waals surface area contributed by atoms with Gasteiger partial charge in [-0.05, 0) is 44.0 Å². The lowest BCUT2D eigenvalue weighted by atomic mass is 10.1. The summed E-state index contributed by atoms with van der Waals surface area (Å²) in [7, 11) is 3.04. The van der Waals surface area contributed by atoms with E-state index in [1.807, 2.05) is 12.1 Å². The first-order chi connectivity index (χ1) is 11.0. The fourth-order valence-electron chi connectivity index (χ4n) is 2.41. The van der Waals surface area contributed by atoms with Crippen LogP contribution in [-0.2, 0) is 11.2 Å². The predicted molar refractivity (Wildman–Crippen MR) is 90.2 cm³/mol. The summed E-state index contributed by atoms with van der Waals surface area (Å²) in [6.07, 6.45) is 0.824. The first-order valence-corrected chi connectivity index (χ1v) is 7.48. The molecule has 1 N–H and O–H groups in total. The number of carbonyl (C=O) groups is 1. The van der Waals surface area contributed by atoms with Crippen LogP contribution in [0.3, 0.4) is 0 Å². The van der Waals surface area contributed by atoms with Crippen LogP contribution in [0.2, 0.25) is 0 Å². The van der Waals surface area contributed by atoms with Crippen molar-refractivity contribution in [2.45, 2.75) is 20.3 Å². The molecule has 0 atom stereocenters. The van der Waals surface area contributed by atoms with Crippen molar-refractivity contribution in [1.82, 2.24) is 4.98 Å². The summed E-state index contributed by atoms with van der Waals surface area (Å²) < 4.78 is 10.1. The van der Waals surface area contributed by atoms with Gasteiger partial charge in [-0.2, -0.15) is 0 Å². The van der Waals surface area contributed by atoms with Crippen molar-refractivity contribution in [1.29, 1.82) is 0 Å². The minimum atomic E-state index is -0.369. The molecule has 0 saturated carbocycles. The maximum atomic E-state index is 11.6. The summed E-state index contributed by atoms with van der Waals surface area (Å²) in [4.78, 5) is 15.9. The quantitative estimate of drug-likeness (QED) is 0.830. The first kappa shape index (κ1) is 16.8. The molecule has 1 aromatic heterocycles. The van der Waals surface area contributed by atoms with E-state index in [9.17, 15) is 4.79 Å². The lowest BCUT2D eigenvalue weighted by Gasteiger charge is -2.11. The highest BCUT2D eigenvalue weighted by Gasteiger charge is 2.10. The van der Waals surface area contributed by atoms with Gasteiger partial charge >= 0.3 is 5.97 Å².